The molecule has 7 nitrogen and oxygen atoms in total. The van der Waals surface area contributed by atoms with Gasteiger partial charge in [-0.3, -0.25) is 14.6 Å². The van der Waals surface area contributed by atoms with E-state index in [1.807, 2.05) is 0 Å². The number of rotatable bonds is 5. The molecule has 1 unspecified atom stereocenters. The van der Waals surface area contributed by atoms with E-state index >= 15 is 0 Å². The number of nitrogens with zero attached hydrogens (tertiary/aromatic N) is 1. The number of pyridine rings is 1. The molecule has 0 radical (unpaired) electrons. The lowest BCUT2D eigenvalue weighted by atomic mass is 10.1. The zero-order valence-electron chi connectivity index (χ0n) is 10.9. The molecule has 7 heteroatoms. The predicted molar refractivity (Wildman–Crippen MR) is 74.4 cm³/mol. The van der Waals surface area contributed by atoms with Gasteiger partial charge in [0.15, 0.2) is 0 Å². The highest BCUT2D eigenvalue weighted by molar-refractivity contribution is 6.06. The maximum atomic E-state index is 12.2. The SMILES string of the molecule is NC(=O)CC(NC(=O)c1cccc2cccnc12)C(=O)O. The van der Waals surface area contributed by atoms with Crippen LogP contribution < -0.4 is 11.1 Å². The van der Waals surface area contributed by atoms with Crippen molar-refractivity contribution in [3.63, 3.8) is 0 Å². The van der Waals surface area contributed by atoms with Gasteiger partial charge in [0, 0.05) is 11.6 Å². The van der Waals surface area contributed by atoms with Gasteiger partial charge in [-0.15, -0.1) is 0 Å². The molecular formula is C14H13N3O4. The van der Waals surface area contributed by atoms with Crippen LogP contribution in [-0.4, -0.2) is 33.9 Å². The fraction of sp³-hybridized carbons (Fsp3) is 0.143. The molecule has 4 N–H and O–H groups in total. The van der Waals surface area contributed by atoms with Gasteiger partial charge in [0.25, 0.3) is 5.91 Å². The van der Waals surface area contributed by atoms with Gasteiger partial charge in [-0.1, -0.05) is 18.2 Å². The molecule has 0 saturated carbocycles. The van der Waals surface area contributed by atoms with Crippen LogP contribution in [0.4, 0.5) is 0 Å². The molecule has 0 aliphatic carbocycles. The molecule has 1 aromatic carbocycles. The highest BCUT2D eigenvalue weighted by Crippen LogP contribution is 2.16. The van der Waals surface area contributed by atoms with Gasteiger partial charge in [0.1, 0.15) is 6.04 Å². The summed E-state index contributed by atoms with van der Waals surface area (Å²) in [5.41, 5.74) is 5.67. The fourth-order valence-electron chi connectivity index (χ4n) is 1.92. The number of para-hydroxylation sites is 1. The topological polar surface area (TPSA) is 122 Å². The number of fused-ring (bicyclic) bond motifs is 1. The van der Waals surface area contributed by atoms with Crippen molar-refractivity contribution in [1.82, 2.24) is 10.3 Å². The van der Waals surface area contributed by atoms with Gasteiger partial charge in [0.2, 0.25) is 5.91 Å². The highest BCUT2D eigenvalue weighted by atomic mass is 16.4. The average molecular weight is 287 g/mol. The van der Waals surface area contributed by atoms with Gasteiger partial charge in [-0.2, -0.15) is 0 Å². The molecule has 0 fully saturated rings. The molecule has 1 aromatic heterocycles. The van der Waals surface area contributed by atoms with Crippen LogP contribution in [0.15, 0.2) is 36.5 Å². The Bertz CT molecular complexity index is 709. The van der Waals surface area contributed by atoms with Crippen molar-refractivity contribution in [1.29, 1.82) is 0 Å². The summed E-state index contributed by atoms with van der Waals surface area (Å²) in [6, 6.07) is 7.15. The van der Waals surface area contributed by atoms with Crippen molar-refractivity contribution in [2.45, 2.75) is 12.5 Å². The molecule has 2 amide bonds. The lowest BCUT2D eigenvalue weighted by molar-refractivity contribution is -0.140. The second-order valence-corrected chi connectivity index (χ2v) is 4.42. The first-order valence-electron chi connectivity index (χ1n) is 6.14. The average Bonchev–Trinajstić information content (AvgIpc) is 2.45. The van der Waals surface area contributed by atoms with Crippen molar-refractivity contribution < 1.29 is 19.5 Å². The Morgan fingerprint density at radius 3 is 2.62 bits per heavy atom. The van der Waals surface area contributed by atoms with Crippen LogP contribution in [-0.2, 0) is 9.59 Å². The van der Waals surface area contributed by atoms with Crippen LogP contribution >= 0.6 is 0 Å². The zero-order valence-corrected chi connectivity index (χ0v) is 10.9. The van der Waals surface area contributed by atoms with Gasteiger partial charge in [-0.05, 0) is 12.1 Å². The number of amides is 2. The largest absolute Gasteiger partial charge is 0.480 e. The summed E-state index contributed by atoms with van der Waals surface area (Å²) < 4.78 is 0. The molecular weight excluding hydrogens is 274 g/mol. The minimum absolute atomic E-state index is 0.240. The van der Waals surface area contributed by atoms with E-state index in [4.69, 9.17) is 10.8 Å². The first kappa shape index (κ1) is 14.4. The van der Waals surface area contributed by atoms with Crippen molar-refractivity contribution in [3.05, 3.63) is 42.1 Å². The lowest BCUT2D eigenvalue weighted by Gasteiger charge is -2.13. The van der Waals surface area contributed by atoms with E-state index in [9.17, 15) is 14.4 Å². The maximum Gasteiger partial charge on any atom is 0.326 e. The molecule has 0 aliphatic rings. The predicted octanol–water partition coefficient (Wildman–Crippen LogP) is 0.293. The third kappa shape index (κ3) is 3.33. The molecule has 1 atom stereocenters. The Balaban J connectivity index is 2.29. The Morgan fingerprint density at radius 1 is 1.24 bits per heavy atom. The third-order valence-electron chi connectivity index (χ3n) is 2.89. The number of aromatic nitrogens is 1. The maximum absolute atomic E-state index is 12.2. The number of hydrogen-bond donors (Lipinski definition) is 3. The molecule has 2 rings (SSSR count). The van der Waals surface area contributed by atoms with E-state index in [2.05, 4.69) is 10.3 Å². The number of nitrogens with two attached hydrogens (primary N) is 1. The molecule has 21 heavy (non-hydrogen) atoms. The monoisotopic (exact) mass is 287 g/mol. The van der Waals surface area contributed by atoms with E-state index in [1.54, 1.807) is 24.3 Å². The summed E-state index contributed by atoms with van der Waals surface area (Å²) in [7, 11) is 0. The summed E-state index contributed by atoms with van der Waals surface area (Å²) in [6.45, 7) is 0. The van der Waals surface area contributed by atoms with E-state index in [0.29, 0.717) is 5.52 Å². The van der Waals surface area contributed by atoms with Crippen LogP contribution in [0.5, 0.6) is 0 Å². The first-order chi connectivity index (χ1) is 9.99. The van der Waals surface area contributed by atoms with Crippen molar-refractivity contribution in [2.75, 3.05) is 0 Å². The number of hydrogen-bond acceptors (Lipinski definition) is 4. The second-order valence-electron chi connectivity index (χ2n) is 4.42. The number of carboxylic acids is 1. The Hall–Kier alpha value is -2.96. The minimum atomic E-state index is -1.37. The first-order valence-corrected chi connectivity index (χ1v) is 6.14. The molecule has 1 heterocycles. The standard InChI is InChI=1S/C14H13N3O4/c15-11(18)7-10(14(20)21)17-13(19)9-5-1-3-8-4-2-6-16-12(8)9/h1-6,10H,7H2,(H2,15,18)(H,17,19)(H,20,21). The summed E-state index contributed by atoms with van der Waals surface area (Å²) >= 11 is 0. The summed E-state index contributed by atoms with van der Waals surface area (Å²) in [6.07, 6.45) is 1.07. The van der Waals surface area contributed by atoms with Crippen LogP contribution in [0.2, 0.25) is 0 Å². The quantitative estimate of drug-likeness (QED) is 0.729. The highest BCUT2D eigenvalue weighted by Gasteiger charge is 2.23. The number of carbonyl (C=O) groups is 3. The number of carbonyl (C=O) groups excluding carboxylic acids is 2. The smallest absolute Gasteiger partial charge is 0.326 e. The number of nitrogens with one attached hydrogen (secondary N) is 1. The summed E-state index contributed by atoms with van der Waals surface area (Å²) in [5, 5.41) is 12.0. The second kappa shape index (κ2) is 6.00. The van der Waals surface area contributed by atoms with Gasteiger partial charge >= 0.3 is 5.97 Å². The van der Waals surface area contributed by atoms with Crippen LogP contribution in [0.1, 0.15) is 16.8 Å². The van der Waals surface area contributed by atoms with Gasteiger partial charge < -0.3 is 16.2 Å². The van der Waals surface area contributed by atoms with Crippen molar-refractivity contribution in [3.8, 4) is 0 Å². The van der Waals surface area contributed by atoms with Gasteiger partial charge in [0.05, 0.1) is 17.5 Å². The molecule has 2 aromatic rings. The number of primary amides is 1. The lowest BCUT2D eigenvalue weighted by Crippen LogP contribution is -2.43. The normalized spacial score (nSPS) is 11.8. The molecule has 0 spiro atoms. The van der Waals surface area contributed by atoms with E-state index < -0.39 is 30.2 Å². The fourth-order valence-corrected chi connectivity index (χ4v) is 1.92. The van der Waals surface area contributed by atoms with Crippen molar-refractivity contribution >= 4 is 28.7 Å². The van der Waals surface area contributed by atoms with E-state index in [-0.39, 0.29) is 5.56 Å². The van der Waals surface area contributed by atoms with Crippen molar-refractivity contribution in [2.24, 2.45) is 5.73 Å². The van der Waals surface area contributed by atoms with E-state index in [0.717, 1.165) is 5.39 Å². The van der Waals surface area contributed by atoms with Crippen LogP contribution in [0.3, 0.4) is 0 Å². The zero-order chi connectivity index (χ0) is 15.4. The Labute approximate surface area is 119 Å². The van der Waals surface area contributed by atoms with Crippen LogP contribution in [0.25, 0.3) is 10.9 Å². The number of aliphatic carboxylic acids is 1. The van der Waals surface area contributed by atoms with Crippen LogP contribution in [0, 0.1) is 0 Å². The molecule has 108 valence electrons. The Kier molecular flexibility index (Phi) is 4.13. The number of benzene rings is 1. The third-order valence-corrected chi connectivity index (χ3v) is 2.89. The van der Waals surface area contributed by atoms with E-state index in [1.165, 1.54) is 12.3 Å². The minimum Gasteiger partial charge on any atom is -0.480 e. The molecule has 0 saturated heterocycles. The number of carboxylic acid groups (broad SMARTS) is 1. The summed E-state index contributed by atoms with van der Waals surface area (Å²) in [5.74, 6) is -2.75. The molecule has 0 bridgehead atoms. The summed E-state index contributed by atoms with van der Waals surface area (Å²) in [4.78, 5) is 38.2. The Morgan fingerprint density at radius 2 is 1.95 bits per heavy atom. The van der Waals surface area contributed by atoms with Gasteiger partial charge in [-0.25, -0.2) is 4.79 Å². The molecule has 0 aliphatic heterocycles.